The van der Waals surface area contributed by atoms with E-state index < -0.39 is 130 Å². The lowest BCUT2D eigenvalue weighted by atomic mass is 9.50. The molecule has 3 aromatic rings. The fourth-order valence-corrected chi connectivity index (χ4v) is 10.2. The number of fused-ring (bicyclic) bond motifs is 3. The summed E-state index contributed by atoms with van der Waals surface area (Å²) in [7, 11) is -6.54. The van der Waals surface area contributed by atoms with Crippen LogP contribution >= 0.6 is 0 Å². The van der Waals surface area contributed by atoms with Crippen LogP contribution in [0.1, 0.15) is 75.4 Å². The summed E-state index contributed by atoms with van der Waals surface area (Å²) in [6, 6.07) is 24.4. The van der Waals surface area contributed by atoms with E-state index in [1.807, 2.05) is 0 Å². The molecule has 6 rings (SSSR count). The van der Waals surface area contributed by atoms with E-state index in [0.717, 1.165) is 13.8 Å². The Hall–Kier alpha value is -5.83. The van der Waals surface area contributed by atoms with Crippen molar-refractivity contribution in [3.63, 3.8) is 0 Å². The van der Waals surface area contributed by atoms with Gasteiger partial charge in [0, 0.05) is 32.3 Å². The predicted molar refractivity (Wildman–Crippen MR) is 226 cm³/mol. The second kappa shape index (κ2) is 20.2. The third kappa shape index (κ3) is 10.8. The first-order valence-electron chi connectivity index (χ1n) is 21.3. The quantitative estimate of drug-likeness (QED) is 0.0675. The Kier molecular flexibility index (Phi) is 15.2. The van der Waals surface area contributed by atoms with Gasteiger partial charge in [0.2, 0.25) is 5.78 Å². The fraction of sp³-hybridized carbons (Fsp3) is 0.468. The molecule has 362 valence electrons. The Morgan fingerprint density at radius 1 is 0.866 bits per heavy atom. The summed E-state index contributed by atoms with van der Waals surface area (Å²) in [5.74, 6) is -7.21. The number of hydrogen-bond donors (Lipinski definition) is 1. The maximum absolute atomic E-state index is 16.0. The smallest absolute Gasteiger partial charge is 0.458 e. The number of carbonyl (C=O) groups is 5. The van der Waals surface area contributed by atoms with Crippen LogP contribution in [0.2, 0.25) is 0 Å². The number of aliphatic hydroxyl groups excluding tert-OH is 1. The molecule has 20 heteroatoms. The van der Waals surface area contributed by atoms with Gasteiger partial charge >= 0.3 is 39.9 Å². The molecule has 8 atom stereocenters. The third-order valence-corrected chi connectivity index (χ3v) is 13.5. The van der Waals surface area contributed by atoms with Crippen LogP contribution in [0.5, 0.6) is 0 Å². The Labute approximate surface area is 384 Å². The Bertz CT molecular complexity index is 2430. The fourth-order valence-electron chi connectivity index (χ4n) is 9.48. The predicted octanol–water partition coefficient (Wildman–Crippen LogP) is 7.52. The molecule has 0 bridgehead atoms. The standard InChI is InChI=1S/C47H51F3O16S/c1-28(33(21-22-51)63-42(55)59-25-30-15-9-6-10-16-30)37-38(64-43(56)60-26-31-17-11-7-12-18-31)40(53)45(5)35(66-67(57,58)47(48,49)50)23-36-46(27-61-36,65-29(2)52)39(45)34(24-44(37,3)4)62-41(54)32-19-13-8-14-20-32/h6-20,28,33-36,39,51H,21-27H2,1-5H3/t28?,33?,34?,35?,36?,39?,45-,46?/m1/s1. The molecule has 1 N–H and O–H groups in total. The molecule has 1 saturated carbocycles. The van der Waals surface area contributed by atoms with Crippen molar-refractivity contribution in [1.29, 1.82) is 0 Å². The maximum Gasteiger partial charge on any atom is 0.523 e. The number of ether oxygens (including phenoxy) is 7. The number of aliphatic hydroxyl groups is 1. The zero-order chi connectivity index (χ0) is 49.0. The van der Waals surface area contributed by atoms with E-state index in [0.29, 0.717) is 11.1 Å². The van der Waals surface area contributed by atoms with E-state index in [-0.39, 0.29) is 30.8 Å². The number of Topliss-reactive ketones (excluding diaryl/α,β-unsaturated/α-hetero) is 1. The molecule has 3 aromatic carbocycles. The van der Waals surface area contributed by atoms with Gasteiger partial charge in [-0.3, -0.25) is 13.8 Å². The largest absolute Gasteiger partial charge is 0.523 e. The van der Waals surface area contributed by atoms with Crippen LogP contribution in [0.3, 0.4) is 0 Å². The molecule has 2 fully saturated rings. The first-order chi connectivity index (χ1) is 31.5. The number of carbonyl (C=O) groups excluding carboxylic acids is 5. The van der Waals surface area contributed by atoms with Gasteiger partial charge in [0.05, 0.1) is 29.6 Å². The van der Waals surface area contributed by atoms with Gasteiger partial charge < -0.3 is 38.3 Å². The number of halogens is 3. The van der Waals surface area contributed by atoms with Crippen LogP contribution in [0.15, 0.2) is 102 Å². The van der Waals surface area contributed by atoms with Crippen molar-refractivity contribution in [3.8, 4) is 0 Å². The van der Waals surface area contributed by atoms with Crippen molar-refractivity contribution in [3.05, 3.63) is 119 Å². The molecule has 0 spiro atoms. The van der Waals surface area contributed by atoms with Crippen LogP contribution in [-0.2, 0) is 70.3 Å². The van der Waals surface area contributed by atoms with Crippen molar-refractivity contribution >= 4 is 40.2 Å². The first-order valence-corrected chi connectivity index (χ1v) is 22.7. The van der Waals surface area contributed by atoms with Crippen molar-refractivity contribution in [2.45, 2.75) is 103 Å². The van der Waals surface area contributed by atoms with Gasteiger partial charge in [-0.05, 0) is 47.6 Å². The summed E-state index contributed by atoms with van der Waals surface area (Å²) in [4.78, 5) is 70.4. The van der Waals surface area contributed by atoms with E-state index in [4.69, 9.17) is 37.3 Å². The molecule has 0 radical (unpaired) electrons. The number of allylic oxidation sites excluding steroid dienone is 1. The summed E-state index contributed by atoms with van der Waals surface area (Å²) < 4.78 is 114. The van der Waals surface area contributed by atoms with Crippen molar-refractivity contribution < 1.29 is 88.0 Å². The number of ketones is 1. The molecule has 16 nitrogen and oxygen atoms in total. The van der Waals surface area contributed by atoms with Gasteiger partial charge in [-0.2, -0.15) is 21.6 Å². The zero-order valence-electron chi connectivity index (χ0n) is 37.2. The second-order valence-electron chi connectivity index (χ2n) is 17.4. The topological polar surface area (TPSA) is 214 Å². The van der Waals surface area contributed by atoms with E-state index >= 15 is 4.79 Å². The number of benzene rings is 3. The first kappa shape index (κ1) is 50.6. The SMILES string of the molecule is CC(=O)OC12COC1CC(OS(=O)(=O)C(F)(F)F)[C@@]1(C)C(=O)C(OC(=O)OCc3ccccc3)=C(C(C)C(CCO)OC(=O)OCc3ccccc3)C(C)(C)CC(OC(=O)c3ccccc3)C21. The highest BCUT2D eigenvalue weighted by Crippen LogP contribution is 2.61. The minimum absolute atomic E-state index is 0.00124. The molecule has 7 unspecified atom stereocenters. The zero-order valence-corrected chi connectivity index (χ0v) is 38.0. The van der Waals surface area contributed by atoms with Gasteiger partial charge in [0.15, 0.2) is 11.4 Å². The summed E-state index contributed by atoms with van der Waals surface area (Å²) in [6.45, 7) is 4.93. The molecular formula is C47H51F3O16S. The molecule has 2 aliphatic carbocycles. The van der Waals surface area contributed by atoms with Crippen molar-refractivity contribution in [2.75, 3.05) is 13.2 Å². The summed E-state index contributed by atoms with van der Waals surface area (Å²) >= 11 is 0. The van der Waals surface area contributed by atoms with Gasteiger partial charge in [-0.15, -0.1) is 0 Å². The molecule has 3 aliphatic rings. The summed E-state index contributed by atoms with van der Waals surface area (Å²) in [6.07, 6.45) is -11.0. The van der Waals surface area contributed by atoms with Crippen LogP contribution < -0.4 is 0 Å². The number of rotatable bonds is 15. The van der Waals surface area contributed by atoms with E-state index in [1.54, 1.807) is 80.6 Å². The molecule has 1 aliphatic heterocycles. The van der Waals surface area contributed by atoms with Crippen molar-refractivity contribution in [2.24, 2.45) is 22.7 Å². The van der Waals surface area contributed by atoms with E-state index in [9.17, 15) is 45.9 Å². The second-order valence-corrected chi connectivity index (χ2v) is 19.0. The number of esters is 2. The number of hydrogen-bond acceptors (Lipinski definition) is 16. The monoisotopic (exact) mass is 960 g/mol. The normalized spacial score (nSPS) is 25.6. The molecule has 0 amide bonds. The Morgan fingerprint density at radius 3 is 1.93 bits per heavy atom. The van der Waals surface area contributed by atoms with Gasteiger partial charge in [-0.1, -0.05) is 99.6 Å². The lowest BCUT2D eigenvalue weighted by Crippen LogP contribution is -2.78. The van der Waals surface area contributed by atoms with Gasteiger partial charge in [-0.25, -0.2) is 14.4 Å². The van der Waals surface area contributed by atoms with Gasteiger partial charge in [0.1, 0.15) is 31.5 Å². The Morgan fingerprint density at radius 2 is 1.42 bits per heavy atom. The van der Waals surface area contributed by atoms with Crippen LogP contribution in [0.25, 0.3) is 0 Å². The highest BCUT2D eigenvalue weighted by molar-refractivity contribution is 7.87. The van der Waals surface area contributed by atoms with E-state index in [2.05, 4.69) is 0 Å². The van der Waals surface area contributed by atoms with Gasteiger partial charge in [0.25, 0.3) is 0 Å². The lowest BCUT2D eigenvalue weighted by molar-refractivity contribution is -0.328. The minimum atomic E-state index is -6.54. The molecule has 1 heterocycles. The molecule has 1 saturated heterocycles. The number of alkyl halides is 3. The molecule has 0 aromatic heterocycles. The minimum Gasteiger partial charge on any atom is -0.458 e. The average molecular weight is 961 g/mol. The molecular weight excluding hydrogens is 910 g/mol. The van der Waals surface area contributed by atoms with E-state index in [1.165, 1.54) is 31.2 Å². The third-order valence-electron chi connectivity index (χ3n) is 12.5. The summed E-state index contributed by atoms with van der Waals surface area (Å²) in [5, 5.41) is 10.3. The highest BCUT2D eigenvalue weighted by Gasteiger charge is 2.75. The maximum atomic E-state index is 16.0. The van der Waals surface area contributed by atoms with Crippen LogP contribution in [0, 0.1) is 22.7 Å². The van der Waals surface area contributed by atoms with Crippen molar-refractivity contribution in [1.82, 2.24) is 0 Å². The van der Waals surface area contributed by atoms with Crippen LogP contribution in [0.4, 0.5) is 22.8 Å². The van der Waals surface area contributed by atoms with Crippen LogP contribution in [-0.4, -0.2) is 92.3 Å². The average Bonchev–Trinajstić information content (AvgIpc) is 3.27. The Balaban J connectivity index is 1.58. The molecule has 67 heavy (non-hydrogen) atoms. The summed E-state index contributed by atoms with van der Waals surface area (Å²) in [5.41, 5.74) is -11.3. The highest BCUT2D eigenvalue weighted by atomic mass is 32.2. The lowest BCUT2D eigenvalue weighted by Gasteiger charge is -2.64.